The van der Waals surface area contributed by atoms with E-state index in [0.717, 1.165) is 17.9 Å². The van der Waals surface area contributed by atoms with Gasteiger partial charge < -0.3 is 14.5 Å². The molecule has 1 atom stereocenters. The second kappa shape index (κ2) is 4.76. The van der Waals surface area contributed by atoms with Gasteiger partial charge in [0.05, 0.1) is 13.2 Å². The minimum absolute atomic E-state index is 0.0808. The summed E-state index contributed by atoms with van der Waals surface area (Å²) in [6.45, 7) is 7.00. The van der Waals surface area contributed by atoms with Crippen molar-refractivity contribution in [3.8, 4) is 5.75 Å². The van der Waals surface area contributed by atoms with Gasteiger partial charge >= 0.3 is 6.03 Å². The van der Waals surface area contributed by atoms with Crippen molar-refractivity contribution in [1.29, 1.82) is 0 Å². The van der Waals surface area contributed by atoms with Crippen molar-refractivity contribution < 1.29 is 9.53 Å². The molecule has 4 nitrogen and oxygen atoms in total. The largest absolute Gasteiger partial charge is 0.496 e. The first-order valence-corrected chi connectivity index (χ1v) is 6.51. The number of amides is 2. The van der Waals surface area contributed by atoms with Crippen molar-refractivity contribution in [2.75, 3.05) is 27.7 Å². The van der Waals surface area contributed by atoms with E-state index in [9.17, 15) is 4.79 Å². The average Bonchev–Trinajstić information content (AvgIpc) is 2.62. The molecular formula is C15H22N2O2. The van der Waals surface area contributed by atoms with E-state index >= 15 is 0 Å². The summed E-state index contributed by atoms with van der Waals surface area (Å²) in [6, 6.07) is 2.27. The van der Waals surface area contributed by atoms with Crippen LogP contribution in [0.5, 0.6) is 5.75 Å². The quantitative estimate of drug-likeness (QED) is 0.821. The number of hydrogen-bond donors (Lipinski definition) is 0. The van der Waals surface area contributed by atoms with Crippen LogP contribution in [0.15, 0.2) is 6.07 Å². The van der Waals surface area contributed by atoms with Crippen LogP contribution in [0.25, 0.3) is 0 Å². The number of hydrogen-bond acceptors (Lipinski definition) is 2. The summed E-state index contributed by atoms with van der Waals surface area (Å²) in [5, 5.41) is 0. The Bertz CT molecular complexity index is 525. The molecule has 1 saturated heterocycles. The molecule has 1 aliphatic heterocycles. The van der Waals surface area contributed by atoms with Gasteiger partial charge in [0.15, 0.2) is 0 Å². The van der Waals surface area contributed by atoms with Crippen LogP contribution < -0.4 is 4.74 Å². The smallest absolute Gasteiger partial charge is 0.320 e. The van der Waals surface area contributed by atoms with Gasteiger partial charge in [-0.05, 0) is 49.1 Å². The van der Waals surface area contributed by atoms with E-state index in [1.807, 2.05) is 19.0 Å². The predicted molar refractivity (Wildman–Crippen MR) is 75.7 cm³/mol. The number of aryl methyl sites for hydroxylation is 1. The molecular weight excluding hydrogens is 240 g/mol. The van der Waals surface area contributed by atoms with Crippen molar-refractivity contribution in [3.05, 3.63) is 28.3 Å². The maximum atomic E-state index is 11.9. The number of carbonyl (C=O) groups excluding carboxylic acids is 1. The molecule has 19 heavy (non-hydrogen) atoms. The van der Waals surface area contributed by atoms with Gasteiger partial charge in [0.25, 0.3) is 0 Å². The second-order valence-electron chi connectivity index (χ2n) is 5.35. The molecule has 4 heteroatoms. The lowest BCUT2D eigenvalue weighted by Gasteiger charge is -2.24. The molecule has 2 rings (SSSR count). The van der Waals surface area contributed by atoms with E-state index < -0.39 is 0 Å². The molecule has 1 unspecified atom stereocenters. The molecule has 0 bridgehead atoms. The summed E-state index contributed by atoms with van der Waals surface area (Å²) in [4.78, 5) is 15.5. The zero-order valence-corrected chi connectivity index (χ0v) is 12.6. The third kappa shape index (κ3) is 2.05. The van der Waals surface area contributed by atoms with Crippen molar-refractivity contribution in [3.63, 3.8) is 0 Å². The van der Waals surface area contributed by atoms with Crippen LogP contribution in [0.4, 0.5) is 4.79 Å². The third-order valence-corrected chi connectivity index (χ3v) is 4.20. The van der Waals surface area contributed by atoms with Crippen molar-refractivity contribution in [1.82, 2.24) is 9.80 Å². The lowest BCUT2D eigenvalue weighted by molar-refractivity contribution is 0.201. The Labute approximate surface area is 115 Å². The standard InChI is InChI=1S/C15H22N2O2/c1-9-7-13(19-6)10(2)11(3)14(9)12-8-16(4)15(18)17(12)5/h7,12H,8H2,1-6H3. The Kier molecular flexibility index (Phi) is 3.43. The van der Waals surface area contributed by atoms with Gasteiger partial charge in [0, 0.05) is 20.6 Å². The van der Waals surface area contributed by atoms with Gasteiger partial charge in [0.1, 0.15) is 5.75 Å². The number of urea groups is 1. The number of rotatable bonds is 2. The van der Waals surface area contributed by atoms with E-state index in [1.165, 1.54) is 16.7 Å². The van der Waals surface area contributed by atoms with E-state index in [2.05, 4.69) is 26.8 Å². The highest BCUT2D eigenvalue weighted by Crippen LogP contribution is 2.36. The van der Waals surface area contributed by atoms with Gasteiger partial charge in [-0.2, -0.15) is 0 Å². The molecule has 0 N–H and O–H groups in total. The Morgan fingerprint density at radius 2 is 1.84 bits per heavy atom. The van der Waals surface area contributed by atoms with Crippen molar-refractivity contribution in [2.45, 2.75) is 26.8 Å². The van der Waals surface area contributed by atoms with Crippen LogP contribution in [-0.2, 0) is 0 Å². The van der Waals surface area contributed by atoms with Gasteiger partial charge in [-0.3, -0.25) is 0 Å². The summed E-state index contributed by atoms with van der Waals surface area (Å²) in [7, 11) is 5.41. The Hall–Kier alpha value is -1.71. The molecule has 2 amide bonds. The number of carbonyl (C=O) groups is 1. The van der Waals surface area contributed by atoms with E-state index in [-0.39, 0.29) is 12.1 Å². The average molecular weight is 262 g/mol. The summed E-state index contributed by atoms with van der Waals surface area (Å²) >= 11 is 0. The topological polar surface area (TPSA) is 32.8 Å². The lowest BCUT2D eigenvalue weighted by atomic mass is 9.92. The van der Waals surface area contributed by atoms with Crippen LogP contribution in [-0.4, -0.2) is 43.6 Å². The monoisotopic (exact) mass is 262 g/mol. The summed E-state index contributed by atoms with van der Waals surface area (Å²) in [6.07, 6.45) is 0. The third-order valence-electron chi connectivity index (χ3n) is 4.20. The van der Waals surface area contributed by atoms with E-state index in [0.29, 0.717) is 0 Å². The molecule has 0 saturated carbocycles. The normalized spacial score (nSPS) is 19.3. The maximum Gasteiger partial charge on any atom is 0.320 e. The SMILES string of the molecule is COc1cc(C)c(C2CN(C)C(=O)N2C)c(C)c1C. The number of benzene rings is 1. The molecule has 1 aromatic rings. The van der Waals surface area contributed by atoms with Crippen molar-refractivity contribution in [2.24, 2.45) is 0 Å². The van der Waals surface area contributed by atoms with Crippen LogP contribution >= 0.6 is 0 Å². The maximum absolute atomic E-state index is 11.9. The number of nitrogens with zero attached hydrogens (tertiary/aromatic N) is 2. The Morgan fingerprint density at radius 3 is 2.32 bits per heavy atom. The first-order chi connectivity index (χ1) is 8.88. The predicted octanol–water partition coefficient (Wildman–Crippen LogP) is 2.66. The summed E-state index contributed by atoms with van der Waals surface area (Å²) < 4.78 is 5.40. The molecule has 1 aliphatic rings. The molecule has 0 aromatic heterocycles. The van der Waals surface area contributed by atoms with Gasteiger partial charge in [-0.25, -0.2) is 4.79 Å². The zero-order chi connectivity index (χ0) is 14.3. The summed E-state index contributed by atoms with van der Waals surface area (Å²) in [5.74, 6) is 0.916. The van der Waals surface area contributed by atoms with Crippen LogP contribution in [0.1, 0.15) is 28.3 Å². The van der Waals surface area contributed by atoms with Crippen LogP contribution in [0, 0.1) is 20.8 Å². The minimum Gasteiger partial charge on any atom is -0.496 e. The Morgan fingerprint density at radius 1 is 1.21 bits per heavy atom. The molecule has 1 fully saturated rings. The first-order valence-electron chi connectivity index (χ1n) is 6.51. The van der Waals surface area contributed by atoms with Crippen LogP contribution in [0.3, 0.4) is 0 Å². The first kappa shape index (κ1) is 13.7. The number of likely N-dealkylation sites (N-methyl/N-ethyl adjacent to an activating group) is 2. The molecule has 1 heterocycles. The zero-order valence-electron chi connectivity index (χ0n) is 12.6. The van der Waals surface area contributed by atoms with Crippen molar-refractivity contribution >= 4 is 6.03 Å². The number of ether oxygens (including phenoxy) is 1. The minimum atomic E-state index is 0.0808. The van der Waals surface area contributed by atoms with Crippen LogP contribution in [0.2, 0.25) is 0 Å². The van der Waals surface area contributed by atoms with Gasteiger partial charge in [-0.1, -0.05) is 0 Å². The lowest BCUT2D eigenvalue weighted by Crippen LogP contribution is -2.27. The van der Waals surface area contributed by atoms with E-state index in [4.69, 9.17) is 4.74 Å². The molecule has 0 spiro atoms. The fourth-order valence-electron chi connectivity index (χ4n) is 2.94. The summed E-state index contributed by atoms with van der Waals surface area (Å²) in [5.41, 5.74) is 4.80. The van der Waals surface area contributed by atoms with Gasteiger partial charge in [0.2, 0.25) is 0 Å². The molecule has 0 radical (unpaired) electrons. The molecule has 0 aliphatic carbocycles. The van der Waals surface area contributed by atoms with Gasteiger partial charge in [-0.15, -0.1) is 0 Å². The van der Waals surface area contributed by atoms with E-state index in [1.54, 1.807) is 12.0 Å². The second-order valence-corrected chi connectivity index (χ2v) is 5.35. The fourth-order valence-corrected chi connectivity index (χ4v) is 2.94. The highest BCUT2D eigenvalue weighted by atomic mass is 16.5. The highest BCUT2D eigenvalue weighted by molar-refractivity contribution is 5.77. The highest BCUT2D eigenvalue weighted by Gasteiger charge is 2.35. The fraction of sp³-hybridized carbons (Fsp3) is 0.533. The number of methoxy groups -OCH3 is 1. The molecule has 1 aromatic carbocycles. The Balaban J connectivity index is 2.52. The molecule has 104 valence electrons.